The van der Waals surface area contributed by atoms with Gasteiger partial charge >= 0.3 is 0 Å². The van der Waals surface area contributed by atoms with Crippen LogP contribution in [0.25, 0.3) is 0 Å². The van der Waals surface area contributed by atoms with Crippen LogP contribution in [0.1, 0.15) is 58.8 Å². The zero-order chi connectivity index (χ0) is 14.4. The first-order chi connectivity index (χ1) is 9.74. The van der Waals surface area contributed by atoms with Crippen molar-refractivity contribution in [3.8, 4) is 0 Å². The van der Waals surface area contributed by atoms with Crippen LogP contribution in [0.3, 0.4) is 0 Å². The minimum absolute atomic E-state index is 0.0185. The molecule has 0 atom stereocenters. The van der Waals surface area contributed by atoms with E-state index in [2.05, 4.69) is 24.1 Å². The zero-order valence-corrected chi connectivity index (χ0v) is 12.8. The van der Waals surface area contributed by atoms with Crippen LogP contribution in [0.4, 0.5) is 5.82 Å². The van der Waals surface area contributed by atoms with Crippen molar-refractivity contribution in [3.63, 3.8) is 0 Å². The van der Waals surface area contributed by atoms with Crippen molar-refractivity contribution in [3.05, 3.63) is 22.7 Å². The molecule has 0 saturated heterocycles. The van der Waals surface area contributed by atoms with Crippen LogP contribution in [0, 0.1) is 5.92 Å². The van der Waals surface area contributed by atoms with Gasteiger partial charge in [-0.25, -0.2) is 4.98 Å². The lowest BCUT2D eigenvalue weighted by atomic mass is 9.83. The molecule has 1 N–H and O–H groups in total. The van der Waals surface area contributed by atoms with E-state index in [4.69, 9.17) is 0 Å². The molecule has 1 aliphatic carbocycles. The lowest BCUT2D eigenvalue weighted by Crippen LogP contribution is -2.31. The van der Waals surface area contributed by atoms with Gasteiger partial charge in [-0.15, -0.1) is 0 Å². The fraction of sp³-hybridized carbons (Fsp3) is 0.750. The second-order valence-corrected chi connectivity index (χ2v) is 5.93. The van der Waals surface area contributed by atoms with Crippen molar-refractivity contribution >= 4 is 5.82 Å². The number of rotatable bonds is 6. The third kappa shape index (κ3) is 3.84. The summed E-state index contributed by atoms with van der Waals surface area (Å²) in [7, 11) is 0. The van der Waals surface area contributed by atoms with Crippen LogP contribution in [0.5, 0.6) is 0 Å². The SMILES string of the molecule is CCCC1CCC(Nc2nccn(CCC)c2=O)CC1. The number of nitrogens with one attached hydrogen (secondary N) is 1. The average molecular weight is 277 g/mol. The molecule has 0 amide bonds. The van der Waals surface area contributed by atoms with Gasteiger partial charge in [-0.3, -0.25) is 4.79 Å². The van der Waals surface area contributed by atoms with Gasteiger partial charge in [-0.2, -0.15) is 0 Å². The summed E-state index contributed by atoms with van der Waals surface area (Å²) in [5, 5.41) is 3.37. The first-order valence-electron chi connectivity index (χ1n) is 8.06. The standard InChI is InChI=1S/C16H27N3O/c1-3-5-13-6-8-14(9-7-13)18-15-16(20)19(11-4-2)12-10-17-15/h10,12-14H,3-9,11H2,1-2H3,(H,17,18). The Hall–Kier alpha value is -1.32. The molecule has 0 spiro atoms. The molecule has 0 unspecified atom stereocenters. The lowest BCUT2D eigenvalue weighted by molar-refractivity contribution is 0.318. The molecule has 4 nitrogen and oxygen atoms in total. The molecule has 1 heterocycles. The molecule has 112 valence electrons. The number of hydrogen-bond donors (Lipinski definition) is 1. The highest BCUT2D eigenvalue weighted by molar-refractivity contribution is 5.32. The normalized spacial score (nSPS) is 22.7. The van der Waals surface area contributed by atoms with Crippen LogP contribution in [-0.4, -0.2) is 15.6 Å². The third-order valence-electron chi connectivity index (χ3n) is 4.26. The highest BCUT2D eigenvalue weighted by atomic mass is 16.1. The molecule has 20 heavy (non-hydrogen) atoms. The molecular formula is C16H27N3O. The van der Waals surface area contributed by atoms with Gasteiger partial charge in [0, 0.05) is 25.0 Å². The largest absolute Gasteiger partial charge is 0.363 e. The van der Waals surface area contributed by atoms with Crippen LogP contribution < -0.4 is 10.9 Å². The van der Waals surface area contributed by atoms with Gasteiger partial charge in [-0.05, 0) is 38.0 Å². The second kappa shape index (κ2) is 7.46. The summed E-state index contributed by atoms with van der Waals surface area (Å²) < 4.78 is 1.75. The molecule has 1 aliphatic rings. The predicted molar refractivity (Wildman–Crippen MR) is 83.1 cm³/mol. The van der Waals surface area contributed by atoms with E-state index in [9.17, 15) is 4.79 Å². The summed E-state index contributed by atoms with van der Waals surface area (Å²) in [6.07, 6.45) is 12.0. The van der Waals surface area contributed by atoms with E-state index in [1.807, 2.05) is 0 Å². The summed E-state index contributed by atoms with van der Waals surface area (Å²) in [5.41, 5.74) is 0.0185. The number of hydrogen-bond acceptors (Lipinski definition) is 3. The van der Waals surface area contributed by atoms with Crippen molar-refractivity contribution in [2.45, 2.75) is 71.4 Å². The molecule has 1 aromatic rings. The Kier molecular flexibility index (Phi) is 5.62. The minimum Gasteiger partial charge on any atom is -0.363 e. The summed E-state index contributed by atoms with van der Waals surface area (Å²) in [4.78, 5) is 16.5. The van der Waals surface area contributed by atoms with Crippen LogP contribution in [-0.2, 0) is 6.54 Å². The van der Waals surface area contributed by atoms with E-state index in [1.165, 1.54) is 25.7 Å². The fourth-order valence-corrected chi connectivity index (χ4v) is 3.16. The fourth-order valence-electron chi connectivity index (χ4n) is 3.16. The number of anilines is 1. The van der Waals surface area contributed by atoms with Gasteiger partial charge in [0.05, 0.1) is 0 Å². The molecule has 2 rings (SSSR count). The topological polar surface area (TPSA) is 46.9 Å². The summed E-state index contributed by atoms with van der Waals surface area (Å²) in [6.45, 7) is 5.10. The van der Waals surface area contributed by atoms with Crippen molar-refractivity contribution in [2.24, 2.45) is 5.92 Å². The van der Waals surface area contributed by atoms with E-state index in [0.717, 1.165) is 31.7 Å². The van der Waals surface area contributed by atoms with Gasteiger partial charge in [0.2, 0.25) is 0 Å². The molecule has 1 aromatic heterocycles. The van der Waals surface area contributed by atoms with Gasteiger partial charge < -0.3 is 9.88 Å². The second-order valence-electron chi connectivity index (χ2n) is 5.93. The predicted octanol–water partition coefficient (Wildman–Crippen LogP) is 3.42. The van der Waals surface area contributed by atoms with Crippen molar-refractivity contribution in [1.29, 1.82) is 0 Å². The van der Waals surface area contributed by atoms with Gasteiger partial charge in [0.25, 0.3) is 5.56 Å². The maximum absolute atomic E-state index is 12.2. The number of aromatic nitrogens is 2. The van der Waals surface area contributed by atoms with E-state index >= 15 is 0 Å². The quantitative estimate of drug-likeness (QED) is 0.866. The first-order valence-corrected chi connectivity index (χ1v) is 8.06. The zero-order valence-electron chi connectivity index (χ0n) is 12.8. The monoisotopic (exact) mass is 277 g/mol. The van der Waals surface area contributed by atoms with Gasteiger partial charge in [0.15, 0.2) is 5.82 Å². The molecule has 4 heteroatoms. The van der Waals surface area contributed by atoms with E-state index in [0.29, 0.717) is 11.9 Å². The van der Waals surface area contributed by atoms with Crippen LogP contribution in [0.15, 0.2) is 17.2 Å². The van der Waals surface area contributed by atoms with Crippen LogP contribution >= 0.6 is 0 Å². The van der Waals surface area contributed by atoms with Gasteiger partial charge in [-0.1, -0.05) is 26.7 Å². The molecular weight excluding hydrogens is 250 g/mol. The van der Waals surface area contributed by atoms with Crippen molar-refractivity contribution in [2.75, 3.05) is 5.32 Å². The van der Waals surface area contributed by atoms with E-state index in [1.54, 1.807) is 17.0 Å². The molecule has 1 saturated carbocycles. The Morgan fingerprint density at radius 3 is 2.65 bits per heavy atom. The lowest BCUT2D eigenvalue weighted by Gasteiger charge is -2.29. The highest BCUT2D eigenvalue weighted by Crippen LogP contribution is 2.28. The maximum atomic E-state index is 12.2. The molecule has 0 radical (unpaired) electrons. The summed E-state index contributed by atoms with van der Waals surface area (Å²) in [6, 6.07) is 0.417. The summed E-state index contributed by atoms with van der Waals surface area (Å²) >= 11 is 0. The smallest absolute Gasteiger partial charge is 0.293 e. The van der Waals surface area contributed by atoms with E-state index in [-0.39, 0.29) is 5.56 Å². The minimum atomic E-state index is 0.0185. The molecule has 0 aliphatic heterocycles. The average Bonchev–Trinajstić information content (AvgIpc) is 2.46. The van der Waals surface area contributed by atoms with E-state index < -0.39 is 0 Å². The third-order valence-corrected chi connectivity index (χ3v) is 4.26. The Morgan fingerprint density at radius 1 is 1.25 bits per heavy atom. The van der Waals surface area contributed by atoms with Crippen molar-refractivity contribution < 1.29 is 0 Å². The Balaban J connectivity index is 1.94. The van der Waals surface area contributed by atoms with Crippen molar-refractivity contribution in [1.82, 2.24) is 9.55 Å². The molecule has 1 fully saturated rings. The van der Waals surface area contributed by atoms with Gasteiger partial charge in [0.1, 0.15) is 0 Å². The molecule has 0 aromatic carbocycles. The molecule has 0 bridgehead atoms. The Morgan fingerprint density at radius 2 is 2.00 bits per heavy atom. The number of nitrogens with zero attached hydrogens (tertiary/aromatic N) is 2. The Labute approximate surface area is 121 Å². The Bertz CT molecular complexity index is 461. The maximum Gasteiger partial charge on any atom is 0.293 e. The van der Waals surface area contributed by atoms with Crippen LogP contribution in [0.2, 0.25) is 0 Å². The summed E-state index contributed by atoms with van der Waals surface area (Å²) in [5.74, 6) is 1.42. The first kappa shape index (κ1) is 15.1. The highest BCUT2D eigenvalue weighted by Gasteiger charge is 2.21. The number of aryl methyl sites for hydroxylation is 1.